The van der Waals surface area contributed by atoms with Gasteiger partial charge < -0.3 is 4.74 Å². The van der Waals surface area contributed by atoms with Crippen LogP contribution in [0.3, 0.4) is 0 Å². The summed E-state index contributed by atoms with van der Waals surface area (Å²) in [6, 6.07) is 14.3. The molecule has 0 unspecified atom stereocenters. The van der Waals surface area contributed by atoms with Crippen molar-refractivity contribution < 1.29 is 13.2 Å². The van der Waals surface area contributed by atoms with E-state index in [1.165, 1.54) is 0 Å². The Balaban J connectivity index is 1.92. The second kappa shape index (κ2) is 8.76. The predicted molar refractivity (Wildman–Crippen MR) is 106 cm³/mol. The number of hydrogen-bond acceptors (Lipinski definition) is 4. The van der Waals surface area contributed by atoms with Gasteiger partial charge in [-0.3, -0.25) is 0 Å². The summed E-state index contributed by atoms with van der Waals surface area (Å²) in [4.78, 5) is 1.43. The molecule has 0 saturated carbocycles. The highest BCUT2D eigenvalue weighted by Gasteiger charge is 2.32. The Morgan fingerprint density at radius 1 is 1.08 bits per heavy atom. The summed E-state index contributed by atoms with van der Waals surface area (Å²) in [5.41, 5.74) is 0.979. The third-order valence-electron chi connectivity index (χ3n) is 4.52. The first-order chi connectivity index (χ1) is 12.5. The van der Waals surface area contributed by atoms with Gasteiger partial charge in [0.25, 0.3) is 0 Å². The molecule has 0 atom stereocenters. The van der Waals surface area contributed by atoms with Crippen molar-refractivity contribution in [1.82, 2.24) is 4.31 Å². The average molecular weight is 412 g/mol. The van der Waals surface area contributed by atoms with E-state index in [2.05, 4.69) is 0 Å². The standard InChI is InChI=1S/C19H22ClNO3S2/c1-25-18-6-2-15(3-7-18)14-21(17-10-12-24-13-11-17)26(22,23)19-8-4-16(20)5-9-19/h2-9,17H,10-14H2,1H3. The number of benzene rings is 2. The van der Waals surface area contributed by atoms with Gasteiger partial charge in [-0.15, -0.1) is 11.8 Å². The number of ether oxygens (including phenoxy) is 1. The first kappa shape index (κ1) is 19.7. The molecule has 2 aromatic carbocycles. The Morgan fingerprint density at radius 3 is 2.27 bits per heavy atom. The number of nitrogens with zero attached hydrogens (tertiary/aromatic N) is 1. The van der Waals surface area contributed by atoms with Crippen LogP contribution in [-0.2, 0) is 21.3 Å². The van der Waals surface area contributed by atoms with Gasteiger partial charge in [-0.2, -0.15) is 4.31 Å². The molecule has 0 N–H and O–H groups in total. The summed E-state index contributed by atoms with van der Waals surface area (Å²) in [6.07, 6.45) is 3.43. The van der Waals surface area contributed by atoms with Crippen molar-refractivity contribution in [3.63, 3.8) is 0 Å². The van der Waals surface area contributed by atoms with Crippen molar-refractivity contribution in [1.29, 1.82) is 0 Å². The molecule has 3 rings (SSSR count). The van der Waals surface area contributed by atoms with E-state index < -0.39 is 10.0 Å². The molecular formula is C19H22ClNO3S2. The fraction of sp³-hybridized carbons (Fsp3) is 0.368. The van der Waals surface area contributed by atoms with Gasteiger partial charge in [0, 0.05) is 35.7 Å². The lowest BCUT2D eigenvalue weighted by Crippen LogP contribution is -2.42. The van der Waals surface area contributed by atoms with Crippen LogP contribution in [0.1, 0.15) is 18.4 Å². The van der Waals surface area contributed by atoms with Crippen molar-refractivity contribution in [2.45, 2.75) is 35.2 Å². The molecule has 1 fully saturated rings. The van der Waals surface area contributed by atoms with Crippen molar-refractivity contribution in [2.24, 2.45) is 0 Å². The van der Waals surface area contributed by atoms with Crippen molar-refractivity contribution in [2.75, 3.05) is 19.5 Å². The van der Waals surface area contributed by atoms with Gasteiger partial charge in [0.05, 0.1) is 4.90 Å². The number of halogens is 1. The quantitative estimate of drug-likeness (QED) is 0.659. The summed E-state index contributed by atoms with van der Waals surface area (Å²) in [7, 11) is -3.62. The summed E-state index contributed by atoms with van der Waals surface area (Å²) < 4.78 is 33.7. The number of thioether (sulfide) groups is 1. The smallest absolute Gasteiger partial charge is 0.243 e. The predicted octanol–water partition coefficient (Wildman–Crippen LogP) is 4.43. The molecule has 0 aliphatic carbocycles. The minimum atomic E-state index is -3.62. The van der Waals surface area contributed by atoms with Gasteiger partial charge in [0.2, 0.25) is 10.0 Å². The van der Waals surface area contributed by atoms with Crippen LogP contribution in [0.4, 0.5) is 0 Å². The van der Waals surface area contributed by atoms with E-state index in [1.54, 1.807) is 40.3 Å². The van der Waals surface area contributed by atoms with Crippen LogP contribution >= 0.6 is 23.4 Å². The summed E-state index contributed by atoms with van der Waals surface area (Å²) in [5, 5.41) is 0.522. The Kier molecular flexibility index (Phi) is 6.64. The van der Waals surface area contributed by atoms with Crippen LogP contribution in [0.5, 0.6) is 0 Å². The molecule has 0 radical (unpaired) electrons. The zero-order valence-electron chi connectivity index (χ0n) is 14.6. The van der Waals surface area contributed by atoms with Crippen LogP contribution in [0.2, 0.25) is 5.02 Å². The molecule has 1 saturated heterocycles. The summed E-state index contributed by atoms with van der Waals surface area (Å²) >= 11 is 7.59. The second-order valence-corrected chi connectivity index (χ2v) is 9.40. The fourth-order valence-corrected chi connectivity index (χ4v) is 5.24. The Morgan fingerprint density at radius 2 is 1.69 bits per heavy atom. The third kappa shape index (κ3) is 4.61. The van der Waals surface area contributed by atoms with E-state index in [4.69, 9.17) is 16.3 Å². The molecule has 0 aromatic heterocycles. The lowest BCUT2D eigenvalue weighted by Gasteiger charge is -2.33. The minimum Gasteiger partial charge on any atom is -0.381 e. The highest BCUT2D eigenvalue weighted by atomic mass is 35.5. The van der Waals surface area contributed by atoms with E-state index in [0.29, 0.717) is 37.6 Å². The fourth-order valence-electron chi connectivity index (χ4n) is 3.04. The van der Waals surface area contributed by atoms with E-state index in [9.17, 15) is 8.42 Å². The molecule has 0 bridgehead atoms. The molecule has 0 amide bonds. The lowest BCUT2D eigenvalue weighted by molar-refractivity contribution is 0.0569. The first-order valence-electron chi connectivity index (χ1n) is 8.49. The molecule has 1 aliphatic heterocycles. The van der Waals surface area contributed by atoms with Gasteiger partial charge in [0.1, 0.15) is 0 Å². The lowest BCUT2D eigenvalue weighted by atomic mass is 10.1. The molecule has 1 heterocycles. The maximum Gasteiger partial charge on any atom is 0.243 e. The molecule has 140 valence electrons. The van der Waals surface area contributed by atoms with Gasteiger partial charge in [0.15, 0.2) is 0 Å². The van der Waals surface area contributed by atoms with E-state index in [-0.39, 0.29) is 10.9 Å². The number of sulfonamides is 1. The first-order valence-corrected chi connectivity index (χ1v) is 11.5. The highest BCUT2D eigenvalue weighted by Crippen LogP contribution is 2.27. The monoisotopic (exact) mass is 411 g/mol. The van der Waals surface area contributed by atoms with Crippen LogP contribution in [-0.4, -0.2) is 38.2 Å². The largest absolute Gasteiger partial charge is 0.381 e. The Hall–Kier alpha value is -1.05. The third-order valence-corrected chi connectivity index (χ3v) is 7.42. The van der Waals surface area contributed by atoms with E-state index in [1.807, 2.05) is 30.5 Å². The molecule has 26 heavy (non-hydrogen) atoms. The van der Waals surface area contributed by atoms with Crippen molar-refractivity contribution in [3.8, 4) is 0 Å². The van der Waals surface area contributed by atoms with Crippen LogP contribution < -0.4 is 0 Å². The highest BCUT2D eigenvalue weighted by molar-refractivity contribution is 7.98. The zero-order valence-corrected chi connectivity index (χ0v) is 17.0. The van der Waals surface area contributed by atoms with Crippen LogP contribution in [0, 0.1) is 0 Å². The van der Waals surface area contributed by atoms with Crippen LogP contribution in [0.25, 0.3) is 0 Å². The van der Waals surface area contributed by atoms with Gasteiger partial charge in [-0.1, -0.05) is 23.7 Å². The normalized spacial score (nSPS) is 16.1. The topological polar surface area (TPSA) is 46.6 Å². The average Bonchev–Trinajstić information content (AvgIpc) is 2.67. The maximum absolute atomic E-state index is 13.3. The summed E-state index contributed by atoms with van der Waals surface area (Å²) in [6.45, 7) is 1.52. The van der Waals surface area contributed by atoms with Gasteiger partial charge in [-0.25, -0.2) is 8.42 Å². The molecule has 2 aromatic rings. The van der Waals surface area contributed by atoms with Crippen molar-refractivity contribution >= 4 is 33.4 Å². The maximum atomic E-state index is 13.3. The molecule has 7 heteroatoms. The molecule has 1 aliphatic rings. The van der Waals surface area contributed by atoms with Gasteiger partial charge >= 0.3 is 0 Å². The molecule has 0 spiro atoms. The van der Waals surface area contributed by atoms with E-state index >= 15 is 0 Å². The Bertz CT molecular complexity index is 817. The second-order valence-electron chi connectivity index (χ2n) is 6.20. The molecular weight excluding hydrogens is 390 g/mol. The zero-order chi connectivity index (χ0) is 18.6. The SMILES string of the molecule is CSc1ccc(CN(C2CCOCC2)S(=O)(=O)c2ccc(Cl)cc2)cc1. The minimum absolute atomic E-state index is 0.0651. The van der Waals surface area contributed by atoms with Crippen molar-refractivity contribution in [3.05, 3.63) is 59.1 Å². The van der Waals surface area contributed by atoms with E-state index in [0.717, 1.165) is 10.5 Å². The van der Waals surface area contributed by atoms with Gasteiger partial charge in [-0.05, 0) is 61.1 Å². The van der Waals surface area contributed by atoms with Crippen LogP contribution in [0.15, 0.2) is 58.3 Å². The summed E-state index contributed by atoms with van der Waals surface area (Å²) in [5.74, 6) is 0. The number of rotatable bonds is 6. The molecule has 4 nitrogen and oxygen atoms in total. The Labute approximate surface area is 164 Å². The number of hydrogen-bond donors (Lipinski definition) is 0.